The molecule has 3 heterocycles. The number of amides is 2. The first-order valence-electron chi connectivity index (χ1n) is 11.6. The third-order valence-corrected chi connectivity index (χ3v) is 8.03. The number of aromatic amines is 1. The van der Waals surface area contributed by atoms with Gasteiger partial charge in [-0.25, -0.2) is 0 Å². The maximum Gasteiger partial charge on any atom is 0.255 e. The molecule has 2 aliphatic heterocycles. The molecule has 1 fully saturated rings. The molecule has 1 saturated heterocycles. The van der Waals surface area contributed by atoms with Crippen molar-refractivity contribution in [2.45, 2.75) is 24.9 Å². The standard InChI is InChI=1S/C28H23Cl2N3O2/c1-28-26-25(20-7-3-5-9-23(20)31-26)21(17-10-12-19(29)13-11-17)15-33(28)24(34)16-32(27(28)35)14-18-6-2-4-8-22(18)30/h2-13,21,31H,14-16H2,1H3/t21-,28+/m1/s1. The molecule has 0 unspecified atom stereocenters. The molecule has 7 heteroatoms. The Hall–Kier alpha value is -3.28. The van der Waals surface area contributed by atoms with Crippen molar-refractivity contribution in [1.82, 2.24) is 14.8 Å². The molecule has 6 rings (SSSR count). The number of rotatable bonds is 3. The second kappa shape index (κ2) is 8.14. The smallest absolute Gasteiger partial charge is 0.255 e. The maximum atomic E-state index is 14.1. The number of hydrogen-bond donors (Lipinski definition) is 1. The van der Waals surface area contributed by atoms with Crippen LogP contribution in [0.25, 0.3) is 10.9 Å². The van der Waals surface area contributed by atoms with Crippen molar-refractivity contribution in [2.24, 2.45) is 0 Å². The molecule has 176 valence electrons. The highest BCUT2D eigenvalue weighted by Gasteiger charge is 2.56. The number of hydrogen-bond acceptors (Lipinski definition) is 2. The predicted molar refractivity (Wildman–Crippen MR) is 138 cm³/mol. The summed E-state index contributed by atoms with van der Waals surface area (Å²) in [5.41, 5.74) is 3.51. The van der Waals surface area contributed by atoms with E-state index in [4.69, 9.17) is 23.2 Å². The van der Waals surface area contributed by atoms with Gasteiger partial charge in [-0.3, -0.25) is 9.59 Å². The Morgan fingerprint density at radius 2 is 1.69 bits per heavy atom. The van der Waals surface area contributed by atoms with Gasteiger partial charge in [-0.05, 0) is 47.9 Å². The Morgan fingerprint density at radius 3 is 2.46 bits per heavy atom. The summed E-state index contributed by atoms with van der Waals surface area (Å²) in [4.78, 5) is 34.6. The molecule has 4 aromatic rings. The number of aromatic nitrogens is 1. The van der Waals surface area contributed by atoms with Crippen LogP contribution in [0.3, 0.4) is 0 Å². The minimum absolute atomic E-state index is 0.0164. The molecule has 0 radical (unpaired) electrons. The fourth-order valence-corrected chi connectivity index (χ4v) is 5.95. The van der Waals surface area contributed by atoms with Crippen LogP contribution in [-0.4, -0.2) is 39.7 Å². The molecule has 35 heavy (non-hydrogen) atoms. The van der Waals surface area contributed by atoms with Crippen molar-refractivity contribution in [3.8, 4) is 0 Å². The van der Waals surface area contributed by atoms with E-state index in [0.717, 1.165) is 33.3 Å². The van der Waals surface area contributed by atoms with Gasteiger partial charge in [0.15, 0.2) is 5.54 Å². The second-order valence-electron chi connectivity index (χ2n) is 9.39. The van der Waals surface area contributed by atoms with Crippen LogP contribution in [0.4, 0.5) is 0 Å². The first-order chi connectivity index (χ1) is 16.9. The van der Waals surface area contributed by atoms with Crippen LogP contribution in [0.15, 0.2) is 72.8 Å². The van der Waals surface area contributed by atoms with E-state index in [2.05, 4.69) is 11.1 Å². The van der Waals surface area contributed by atoms with Crippen molar-refractivity contribution >= 4 is 45.9 Å². The first-order valence-corrected chi connectivity index (χ1v) is 12.3. The molecule has 5 nitrogen and oxygen atoms in total. The summed E-state index contributed by atoms with van der Waals surface area (Å²) in [7, 11) is 0. The van der Waals surface area contributed by atoms with E-state index in [1.54, 1.807) is 15.9 Å². The van der Waals surface area contributed by atoms with E-state index in [-0.39, 0.29) is 30.8 Å². The SMILES string of the molecule is C[C@]12C(=O)N(Cc3ccccc3Cl)CC(=O)N1C[C@H](c1ccc(Cl)cc1)c1c2[nH]c2ccccc12. The summed E-state index contributed by atoms with van der Waals surface area (Å²) in [6.45, 7) is 2.57. The van der Waals surface area contributed by atoms with Gasteiger partial charge in [0.25, 0.3) is 5.91 Å². The molecule has 2 amide bonds. The lowest BCUT2D eigenvalue weighted by atomic mass is 9.76. The van der Waals surface area contributed by atoms with Crippen LogP contribution < -0.4 is 0 Å². The van der Waals surface area contributed by atoms with Gasteiger partial charge in [-0.1, -0.05) is 71.7 Å². The molecule has 0 aliphatic carbocycles. The summed E-state index contributed by atoms with van der Waals surface area (Å²) in [5.74, 6) is -0.278. The van der Waals surface area contributed by atoms with Gasteiger partial charge in [0.2, 0.25) is 5.91 Å². The van der Waals surface area contributed by atoms with E-state index in [1.807, 2.05) is 67.6 Å². The predicted octanol–water partition coefficient (Wildman–Crippen LogP) is 5.71. The van der Waals surface area contributed by atoms with Crippen LogP contribution in [-0.2, 0) is 21.7 Å². The van der Waals surface area contributed by atoms with E-state index in [1.165, 1.54) is 0 Å². The lowest BCUT2D eigenvalue weighted by Gasteiger charge is -2.51. The highest BCUT2D eigenvalue weighted by molar-refractivity contribution is 6.31. The minimum Gasteiger partial charge on any atom is -0.356 e. The van der Waals surface area contributed by atoms with Gasteiger partial charge in [-0.15, -0.1) is 0 Å². The van der Waals surface area contributed by atoms with Crippen LogP contribution in [0.1, 0.15) is 35.2 Å². The summed E-state index contributed by atoms with van der Waals surface area (Å²) in [5, 5.41) is 2.30. The van der Waals surface area contributed by atoms with Gasteiger partial charge in [0.05, 0.1) is 5.69 Å². The number of halogens is 2. The van der Waals surface area contributed by atoms with Crippen molar-refractivity contribution in [3.05, 3.63) is 105 Å². The maximum absolute atomic E-state index is 14.1. The number of H-pyrrole nitrogens is 1. The molecule has 3 aromatic carbocycles. The number of carbonyl (C=O) groups is 2. The average molecular weight is 504 g/mol. The second-order valence-corrected chi connectivity index (χ2v) is 10.2. The quantitative estimate of drug-likeness (QED) is 0.389. The van der Waals surface area contributed by atoms with Crippen molar-refractivity contribution < 1.29 is 9.59 Å². The normalized spacial score (nSPS) is 21.9. The molecule has 2 aliphatic rings. The largest absolute Gasteiger partial charge is 0.356 e. The monoisotopic (exact) mass is 503 g/mol. The first kappa shape index (κ1) is 22.2. The Bertz CT molecular complexity index is 1480. The van der Waals surface area contributed by atoms with Gasteiger partial charge in [0.1, 0.15) is 6.54 Å². The lowest BCUT2D eigenvalue weighted by molar-refractivity contribution is -0.166. The zero-order chi connectivity index (χ0) is 24.3. The third-order valence-electron chi connectivity index (χ3n) is 7.41. The Kier molecular flexibility index (Phi) is 5.17. The zero-order valence-corrected chi connectivity index (χ0v) is 20.6. The summed E-state index contributed by atoms with van der Waals surface area (Å²) in [6.07, 6.45) is 0. The van der Waals surface area contributed by atoms with Gasteiger partial charge in [-0.2, -0.15) is 0 Å². The fraction of sp³-hybridized carbons (Fsp3) is 0.214. The number of benzene rings is 3. The number of nitrogens with one attached hydrogen (secondary N) is 1. The third kappa shape index (κ3) is 3.37. The Labute approximate surface area is 213 Å². The van der Waals surface area contributed by atoms with Gasteiger partial charge < -0.3 is 14.8 Å². The zero-order valence-electron chi connectivity index (χ0n) is 19.1. The fourth-order valence-electron chi connectivity index (χ4n) is 5.63. The van der Waals surface area contributed by atoms with Crippen LogP contribution >= 0.6 is 23.2 Å². The van der Waals surface area contributed by atoms with Crippen LogP contribution in [0.2, 0.25) is 10.0 Å². The number of para-hydroxylation sites is 1. The van der Waals surface area contributed by atoms with E-state index in [0.29, 0.717) is 16.6 Å². The number of nitrogens with zero attached hydrogens (tertiary/aromatic N) is 2. The van der Waals surface area contributed by atoms with Gasteiger partial charge >= 0.3 is 0 Å². The van der Waals surface area contributed by atoms with E-state index < -0.39 is 5.54 Å². The molecule has 1 N–H and O–H groups in total. The van der Waals surface area contributed by atoms with Crippen LogP contribution in [0, 0.1) is 0 Å². The lowest BCUT2D eigenvalue weighted by Crippen LogP contribution is -2.67. The summed E-state index contributed by atoms with van der Waals surface area (Å²) < 4.78 is 0. The summed E-state index contributed by atoms with van der Waals surface area (Å²) in [6, 6.07) is 23.2. The number of carbonyl (C=O) groups excluding carboxylic acids is 2. The van der Waals surface area contributed by atoms with Crippen LogP contribution in [0.5, 0.6) is 0 Å². The van der Waals surface area contributed by atoms with Crippen molar-refractivity contribution in [1.29, 1.82) is 0 Å². The minimum atomic E-state index is -1.14. The van der Waals surface area contributed by atoms with Crippen molar-refractivity contribution in [2.75, 3.05) is 13.1 Å². The van der Waals surface area contributed by atoms with Crippen molar-refractivity contribution in [3.63, 3.8) is 0 Å². The number of piperazine rings is 1. The average Bonchev–Trinajstić information content (AvgIpc) is 3.25. The Balaban J connectivity index is 1.51. The molecule has 0 spiro atoms. The Morgan fingerprint density at radius 1 is 0.971 bits per heavy atom. The van der Waals surface area contributed by atoms with E-state index in [9.17, 15) is 9.59 Å². The number of fused-ring (bicyclic) bond motifs is 5. The molecular formula is C28H23Cl2N3O2. The molecular weight excluding hydrogens is 481 g/mol. The highest BCUT2D eigenvalue weighted by atomic mass is 35.5. The van der Waals surface area contributed by atoms with Gasteiger partial charge in [0, 0.05) is 40.0 Å². The van der Waals surface area contributed by atoms with E-state index >= 15 is 0 Å². The summed E-state index contributed by atoms with van der Waals surface area (Å²) >= 11 is 12.5. The molecule has 0 bridgehead atoms. The molecule has 2 atom stereocenters. The molecule has 0 saturated carbocycles. The molecule has 1 aromatic heterocycles. The topological polar surface area (TPSA) is 56.4 Å². The highest BCUT2D eigenvalue weighted by Crippen LogP contribution is 2.48.